The standard InChI is InChI=1S/C16H18O2S/c1-2-12-6-8-13(9-7-12)16(17)10-14-4-3-5-15(11-16)19(14)18/h1,6-9,14-15,17H,3-5,10-11H2. The van der Waals surface area contributed by atoms with E-state index in [4.69, 9.17) is 6.42 Å². The van der Waals surface area contributed by atoms with Crippen molar-refractivity contribution in [2.75, 3.05) is 0 Å². The van der Waals surface area contributed by atoms with Gasteiger partial charge in [-0.05, 0) is 43.4 Å². The molecule has 19 heavy (non-hydrogen) atoms. The third kappa shape index (κ3) is 2.24. The highest BCUT2D eigenvalue weighted by molar-refractivity contribution is 7.86. The van der Waals surface area contributed by atoms with Gasteiger partial charge in [-0.25, -0.2) is 0 Å². The van der Waals surface area contributed by atoms with Crippen LogP contribution < -0.4 is 0 Å². The predicted octanol–water partition coefficient (Wildman–Crippen LogP) is 2.32. The summed E-state index contributed by atoms with van der Waals surface area (Å²) in [5.41, 5.74) is 0.920. The number of terminal acetylenes is 1. The molecule has 3 rings (SSSR count). The molecule has 0 radical (unpaired) electrons. The van der Waals surface area contributed by atoms with Gasteiger partial charge in [0.05, 0.1) is 5.60 Å². The van der Waals surface area contributed by atoms with Crippen molar-refractivity contribution in [3.8, 4) is 12.3 Å². The fourth-order valence-corrected chi connectivity index (χ4v) is 5.62. The van der Waals surface area contributed by atoms with Gasteiger partial charge in [0.2, 0.25) is 0 Å². The molecule has 0 aromatic heterocycles. The highest BCUT2D eigenvalue weighted by Gasteiger charge is 2.46. The summed E-state index contributed by atoms with van der Waals surface area (Å²) in [5, 5.41) is 11.3. The Morgan fingerprint density at radius 3 is 2.32 bits per heavy atom. The monoisotopic (exact) mass is 274 g/mol. The van der Waals surface area contributed by atoms with Gasteiger partial charge < -0.3 is 5.11 Å². The van der Waals surface area contributed by atoms with E-state index in [1.807, 2.05) is 24.3 Å². The number of benzene rings is 1. The SMILES string of the molecule is C#Cc1ccc(C2(O)CC3CCCC(C2)S3=O)cc1. The molecule has 3 heteroatoms. The first-order chi connectivity index (χ1) is 9.12. The van der Waals surface area contributed by atoms with Crippen molar-refractivity contribution in [3.63, 3.8) is 0 Å². The fraction of sp³-hybridized carbons (Fsp3) is 0.500. The molecule has 2 saturated heterocycles. The maximum absolute atomic E-state index is 12.2. The number of rotatable bonds is 1. The van der Waals surface area contributed by atoms with Gasteiger partial charge in [0.1, 0.15) is 0 Å². The van der Waals surface area contributed by atoms with Crippen molar-refractivity contribution < 1.29 is 9.32 Å². The van der Waals surface area contributed by atoms with Crippen molar-refractivity contribution in [2.45, 2.75) is 48.2 Å². The summed E-state index contributed by atoms with van der Waals surface area (Å²) in [4.78, 5) is 0. The van der Waals surface area contributed by atoms with Gasteiger partial charge in [-0.15, -0.1) is 6.42 Å². The van der Waals surface area contributed by atoms with Gasteiger partial charge in [0, 0.05) is 26.9 Å². The molecule has 2 bridgehead atoms. The quantitative estimate of drug-likeness (QED) is 0.798. The molecule has 2 heterocycles. The second-order valence-corrected chi connectivity index (χ2v) is 7.66. The summed E-state index contributed by atoms with van der Waals surface area (Å²) in [7, 11) is -0.755. The maximum atomic E-state index is 12.2. The molecule has 1 N–H and O–H groups in total. The third-order valence-corrected chi connectivity index (χ3v) is 6.55. The van der Waals surface area contributed by atoms with Crippen LogP contribution in [0.5, 0.6) is 0 Å². The molecule has 2 atom stereocenters. The van der Waals surface area contributed by atoms with Crippen LogP contribution in [0.15, 0.2) is 24.3 Å². The van der Waals surface area contributed by atoms with Gasteiger partial charge in [0.15, 0.2) is 0 Å². The lowest BCUT2D eigenvalue weighted by Gasteiger charge is -2.43. The Balaban J connectivity index is 1.90. The van der Waals surface area contributed by atoms with Crippen LogP contribution in [0.25, 0.3) is 0 Å². The summed E-state index contributed by atoms with van der Waals surface area (Å²) >= 11 is 0. The number of hydrogen-bond donors (Lipinski definition) is 1. The second-order valence-electron chi connectivity index (χ2n) is 5.66. The van der Waals surface area contributed by atoms with E-state index in [1.165, 1.54) is 0 Å². The Labute approximate surface area is 116 Å². The molecular formula is C16H18O2S. The van der Waals surface area contributed by atoms with E-state index in [-0.39, 0.29) is 10.5 Å². The zero-order valence-electron chi connectivity index (χ0n) is 10.8. The average molecular weight is 274 g/mol. The van der Waals surface area contributed by atoms with Crippen LogP contribution >= 0.6 is 0 Å². The molecule has 0 saturated carbocycles. The summed E-state index contributed by atoms with van der Waals surface area (Å²) in [5.74, 6) is 2.59. The van der Waals surface area contributed by atoms with Crippen molar-refractivity contribution in [1.29, 1.82) is 0 Å². The van der Waals surface area contributed by atoms with E-state index >= 15 is 0 Å². The minimum Gasteiger partial charge on any atom is -0.385 e. The first kappa shape index (κ1) is 12.9. The molecule has 100 valence electrons. The minimum atomic E-state index is -0.823. The lowest BCUT2D eigenvalue weighted by Crippen LogP contribution is -2.47. The zero-order valence-corrected chi connectivity index (χ0v) is 11.7. The third-order valence-electron chi connectivity index (χ3n) is 4.43. The first-order valence-electron chi connectivity index (χ1n) is 6.81. The molecule has 2 unspecified atom stereocenters. The predicted molar refractivity (Wildman–Crippen MR) is 77.1 cm³/mol. The lowest BCUT2D eigenvalue weighted by molar-refractivity contribution is 0.00654. The smallest absolute Gasteiger partial charge is 0.0919 e. The molecule has 0 amide bonds. The molecule has 2 aliphatic heterocycles. The van der Waals surface area contributed by atoms with E-state index in [9.17, 15) is 9.32 Å². The van der Waals surface area contributed by atoms with Gasteiger partial charge in [-0.1, -0.05) is 24.5 Å². The van der Waals surface area contributed by atoms with Crippen LogP contribution in [0.2, 0.25) is 0 Å². The van der Waals surface area contributed by atoms with Crippen molar-refractivity contribution in [1.82, 2.24) is 0 Å². The number of aliphatic hydroxyl groups is 1. The largest absolute Gasteiger partial charge is 0.385 e. The van der Waals surface area contributed by atoms with Gasteiger partial charge in [0.25, 0.3) is 0 Å². The summed E-state index contributed by atoms with van der Waals surface area (Å²) < 4.78 is 12.2. The topological polar surface area (TPSA) is 37.3 Å². The van der Waals surface area contributed by atoms with Crippen LogP contribution in [0.4, 0.5) is 0 Å². The number of fused-ring (bicyclic) bond motifs is 2. The Bertz CT molecular complexity index is 525. The van der Waals surface area contributed by atoms with Crippen LogP contribution in [-0.2, 0) is 16.4 Å². The summed E-state index contributed by atoms with van der Waals surface area (Å²) in [6.45, 7) is 0. The van der Waals surface area contributed by atoms with Gasteiger partial charge >= 0.3 is 0 Å². The van der Waals surface area contributed by atoms with E-state index in [0.717, 1.165) is 30.4 Å². The van der Waals surface area contributed by atoms with Crippen LogP contribution in [0, 0.1) is 12.3 Å². The second kappa shape index (κ2) is 4.77. The van der Waals surface area contributed by atoms with Crippen molar-refractivity contribution in [3.05, 3.63) is 35.4 Å². The average Bonchev–Trinajstić information content (AvgIpc) is 2.41. The van der Waals surface area contributed by atoms with Crippen molar-refractivity contribution >= 4 is 10.8 Å². The molecule has 2 fully saturated rings. The molecule has 1 aromatic rings. The summed E-state index contributed by atoms with van der Waals surface area (Å²) in [6.07, 6.45) is 9.69. The Morgan fingerprint density at radius 2 is 1.79 bits per heavy atom. The Hall–Kier alpha value is -1.11. The first-order valence-corrected chi connectivity index (χ1v) is 8.09. The molecule has 0 aliphatic carbocycles. The maximum Gasteiger partial charge on any atom is 0.0919 e. The molecular weight excluding hydrogens is 256 g/mol. The zero-order chi connectivity index (χ0) is 13.5. The normalized spacial score (nSPS) is 37.6. The fourth-order valence-electron chi connectivity index (χ4n) is 3.40. The van der Waals surface area contributed by atoms with Crippen LogP contribution in [0.1, 0.15) is 43.2 Å². The highest BCUT2D eigenvalue weighted by atomic mass is 32.2. The van der Waals surface area contributed by atoms with E-state index in [1.54, 1.807) is 0 Å². The van der Waals surface area contributed by atoms with Crippen LogP contribution in [-0.4, -0.2) is 19.8 Å². The number of hydrogen-bond acceptors (Lipinski definition) is 2. The molecule has 2 aliphatic rings. The molecule has 1 aromatic carbocycles. The lowest BCUT2D eigenvalue weighted by atomic mass is 9.80. The van der Waals surface area contributed by atoms with E-state index in [0.29, 0.717) is 12.8 Å². The molecule has 0 spiro atoms. The summed E-state index contributed by atoms with van der Waals surface area (Å²) in [6, 6.07) is 7.57. The van der Waals surface area contributed by atoms with Gasteiger partial charge in [-0.3, -0.25) is 4.21 Å². The van der Waals surface area contributed by atoms with Crippen LogP contribution in [0.3, 0.4) is 0 Å². The van der Waals surface area contributed by atoms with Crippen molar-refractivity contribution in [2.24, 2.45) is 0 Å². The van der Waals surface area contributed by atoms with E-state index in [2.05, 4.69) is 5.92 Å². The Morgan fingerprint density at radius 1 is 1.21 bits per heavy atom. The van der Waals surface area contributed by atoms with E-state index < -0.39 is 16.4 Å². The molecule has 2 nitrogen and oxygen atoms in total. The Kier molecular flexibility index (Phi) is 3.24. The highest BCUT2D eigenvalue weighted by Crippen LogP contribution is 2.44. The van der Waals surface area contributed by atoms with Gasteiger partial charge in [-0.2, -0.15) is 0 Å². The minimum absolute atomic E-state index is 0.157.